The van der Waals surface area contributed by atoms with Crippen molar-refractivity contribution in [3.8, 4) is 11.5 Å². The lowest BCUT2D eigenvalue weighted by atomic mass is 9.33. The Balaban J connectivity index is 1.31. The van der Waals surface area contributed by atoms with Gasteiger partial charge in [-0.1, -0.05) is 0 Å². The molecule has 2 unspecified atom stereocenters. The van der Waals surface area contributed by atoms with Gasteiger partial charge in [-0.05, 0) is 63.6 Å². The van der Waals surface area contributed by atoms with Gasteiger partial charge < -0.3 is 13.7 Å². The molecular formula is C29H28F3N5O3. The number of pyridine rings is 2. The van der Waals surface area contributed by atoms with Crippen molar-refractivity contribution < 1.29 is 22.3 Å². The van der Waals surface area contributed by atoms with Gasteiger partial charge >= 0.3 is 6.18 Å². The number of alkyl halides is 3. The zero-order chi connectivity index (χ0) is 28.0. The molecular weight excluding hydrogens is 523 g/mol. The zero-order valence-corrected chi connectivity index (χ0v) is 22.4. The summed E-state index contributed by atoms with van der Waals surface area (Å²) in [6.45, 7) is 4.15. The summed E-state index contributed by atoms with van der Waals surface area (Å²) >= 11 is 0. The number of halogens is 3. The van der Waals surface area contributed by atoms with Crippen LogP contribution in [-0.4, -0.2) is 37.3 Å². The van der Waals surface area contributed by atoms with Crippen molar-refractivity contribution in [1.82, 2.24) is 24.5 Å². The Morgan fingerprint density at radius 1 is 1.07 bits per heavy atom. The number of hydrogen-bond donors (Lipinski definition) is 0. The van der Waals surface area contributed by atoms with Gasteiger partial charge in [0.15, 0.2) is 5.65 Å². The van der Waals surface area contributed by atoms with Crippen molar-refractivity contribution in [3.05, 3.63) is 69.5 Å². The Morgan fingerprint density at radius 2 is 1.85 bits per heavy atom. The molecule has 0 radical (unpaired) electrons. The fourth-order valence-electron chi connectivity index (χ4n) is 6.85. The minimum Gasteiger partial charge on any atom is -0.444 e. The second kappa shape index (κ2) is 8.45. The Hall–Kier alpha value is -3.60. The minimum absolute atomic E-state index is 0.0326. The van der Waals surface area contributed by atoms with Gasteiger partial charge in [-0.2, -0.15) is 13.2 Å². The first-order chi connectivity index (χ1) is 19.0. The lowest BCUT2D eigenvalue weighted by Gasteiger charge is -2.70. The van der Waals surface area contributed by atoms with Crippen LogP contribution in [0.25, 0.3) is 22.5 Å². The molecule has 2 bridgehead atoms. The van der Waals surface area contributed by atoms with E-state index in [-0.39, 0.29) is 36.8 Å². The molecule has 3 aliphatic carbocycles. The van der Waals surface area contributed by atoms with Crippen molar-refractivity contribution in [2.45, 2.75) is 69.6 Å². The van der Waals surface area contributed by atoms with Gasteiger partial charge in [0, 0.05) is 42.6 Å². The van der Waals surface area contributed by atoms with Crippen molar-refractivity contribution in [1.29, 1.82) is 0 Å². The summed E-state index contributed by atoms with van der Waals surface area (Å²) in [6, 6.07) is 5.17. The van der Waals surface area contributed by atoms with Crippen molar-refractivity contribution >= 4 is 11.0 Å². The highest BCUT2D eigenvalue weighted by atomic mass is 19.4. The predicted molar refractivity (Wildman–Crippen MR) is 139 cm³/mol. The van der Waals surface area contributed by atoms with Crippen LogP contribution < -0.4 is 5.56 Å². The maximum atomic E-state index is 13.8. The molecule has 8 rings (SSSR count). The number of hydrogen-bond acceptors (Lipinski definition) is 7. The van der Waals surface area contributed by atoms with E-state index in [1.165, 1.54) is 10.6 Å². The molecule has 1 saturated heterocycles. The fourth-order valence-corrected chi connectivity index (χ4v) is 6.85. The Bertz CT molecular complexity index is 1710. The average molecular weight is 552 g/mol. The Labute approximate surface area is 227 Å². The normalized spacial score (nSPS) is 27.9. The lowest BCUT2D eigenvalue weighted by molar-refractivity contribution is -0.337. The summed E-state index contributed by atoms with van der Waals surface area (Å²) in [5.41, 5.74) is 1.71. The molecule has 0 spiro atoms. The summed E-state index contributed by atoms with van der Waals surface area (Å²) in [6.07, 6.45) is 0.230. The summed E-state index contributed by atoms with van der Waals surface area (Å²) in [5, 5.41) is 0.650. The zero-order valence-electron chi connectivity index (χ0n) is 22.4. The number of aromatic nitrogens is 5. The number of nitrogens with zero attached hydrogens (tertiary/aromatic N) is 5. The highest BCUT2D eigenvalue weighted by molar-refractivity contribution is 5.84. The van der Waals surface area contributed by atoms with E-state index in [4.69, 9.17) is 24.1 Å². The molecule has 8 nitrogen and oxygen atoms in total. The summed E-state index contributed by atoms with van der Waals surface area (Å²) < 4.78 is 54.6. The van der Waals surface area contributed by atoms with Gasteiger partial charge in [0.25, 0.3) is 0 Å². The second-order valence-electron chi connectivity index (χ2n) is 11.8. The van der Waals surface area contributed by atoms with Crippen LogP contribution in [0.3, 0.4) is 0 Å². The van der Waals surface area contributed by atoms with E-state index in [1.807, 2.05) is 19.9 Å². The van der Waals surface area contributed by atoms with Gasteiger partial charge in [0.1, 0.15) is 12.1 Å². The smallest absolute Gasteiger partial charge is 0.394 e. The third-order valence-corrected chi connectivity index (χ3v) is 9.01. The molecule has 2 atom stereocenters. The molecule has 0 N–H and O–H groups in total. The largest absolute Gasteiger partial charge is 0.444 e. The van der Waals surface area contributed by atoms with Crippen LogP contribution in [-0.2, 0) is 17.2 Å². The number of ether oxygens (including phenoxy) is 1. The minimum atomic E-state index is -4.22. The maximum Gasteiger partial charge on any atom is 0.394 e. The van der Waals surface area contributed by atoms with Gasteiger partial charge in [-0.3, -0.25) is 4.79 Å². The molecule has 4 aromatic rings. The van der Waals surface area contributed by atoms with Crippen LogP contribution in [0.4, 0.5) is 13.2 Å². The van der Waals surface area contributed by atoms with Crippen LogP contribution in [0.5, 0.6) is 0 Å². The number of fused-ring (bicyclic) bond motifs is 1. The fraction of sp³-hybridized carbons (Fsp3) is 0.483. The SMILES string of the molecule is Cc1coc(-c2cc3c(C45CC(C(F)(F)F)(C4)C5)nc(C4CCOC(c5ccc(=O)n(C)c5)C4)nc3nc2C)n1. The highest BCUT2D eigenvalue weighted by Crippen LogP contribution is 2.78. The average Bonchev–Trinajstić information content (AvgIpc) is 3.28. The highest BCUT2D eigenvalue weighted by Gasteiger charge is 2.79. The van der Waals surface area contributed by atoms with Gasteiger partial charge in [-0.25, -0.2) is 19.9 Å². The van der Waals surface area contributed by atoms with Crippen LogP contribution in [0, 0.1) is 19.3 Å². The Kier molecular flexibility index (Phi) is 5.36. The number of aryl methyl sites for hydroxylation is 3. The molecule has 3 saturated carbocycles. The second-order valence-corrected chi connectivity index (χ2v) is 11.8. The van der Waals surface area contributed by atoms with Crippen LogP contribution in [0.15, 0.2) is 39.9 Å². The van der Waals surface area contributed by atoms with E-state index in [9.17, 15) is 18.0 Å². The van der Waals surface area contributed by atoms with Gasteiger partial charge in [0.2, 0.25) is 11.4 Å². The molecule has 1 aliphatic heterocycles. The van der Waals surface area contributed by atoms with E-state index >= 15 is 0 Å². The van der Waals surface area contributed by atoms with E-state index in [0.717, 1.165) is 11.3 Å². The Morgan fingerprint density at radius 3 is 2.52 bits per heavy atom. The standard InChI is InChI=1S/C29H28F3N5O3/c1-15-11-40-26(33-15)19-9-20-23(27-12-28(13-27,14-27)29(30,31)32)35-24(36-25(20)34-16(19)2)17-6-7-39-21(8-17)18-4-5-22(38)37(3)10-18/h4-5,9-11,17,21H,6-8,12-14H2,1-3H3. The van der Waals surface area contributed by atoms with E-state index in [0.29, 0.717) is 59.1 Å². The molecule has 0 aromatic carbocycles. The summed E-state index contributed by atoms with van der Waals surface area (Å²) in [5.74, 6) is 0.922. The molecule has 40 heavy (non-hydrogen) atoms. The quantitative estimate of drug-likeness (QED) is 0.325. The van der Waals surface area contributed by atoms with Crippen LogP contribution >= 0.6 is 0 Å². The van der Waals surface area contributed by atoms with Gasteiger partial charge in [0.05, 0.1) is 34.2 Å². The van der Waals surface area contributed by atoms with Crippen LogP contribution in [0.2, 0.25) is 0 Å². The molecule has 4 aromatic heterocycles. The number of rotatable bonds is 4. The molecule has 5 heterocycles. The monoisotopic (exact) mass is 551 g/mol. The van der Waals surface area contributed by atoms with Crippen molar-refractivity contribution in [3.63, 3.8) is 0 Å². The molecule has 11 heteroatoms. The first-order valence-corrected chi connectivity index (χ1v) is 13.4. The lowest BCUT2D eigenvalue weighted by Crippen LogP contribution is -2.70. The first-order valence-electron chi connectivity index (χ1n) is 13.4. The van der Waals surface area contributed by atoms with Crippen molar-refractivity contribution in [2.24, 2.45) is 12.5 Å². The van der Waals surface area contributed by atoms with E-state index in [1.54, 1.807) is 25.6 Å². The summed E-state index contributed by atoms with van der Waals surface area (Å²) in [7, 11) is 1.70. The summed E-state index contributed by atoms with van der Waals surface area (Å²) in [4.78, 5) is 31.0. The molecule has 4 fully saturated rings. The van der Waals surface area contributed by atoms with E-state index < -0.39 is 17.0 Å². The molecule has 0 amide bonds. The molecule has 208 valence electrons. The maximum absolute atomic E-state index is 13.8. The first kappa shape index (κ1) is 25.4. The van der Waals surface area contributed by atoms with Gasteiger partial charge in [-0.15, -0.1) is 0 Å². The van der Waals surface area contributed by atoms with Crippen LogP contribution in [0.1, 0.15) is 72.6 Å². The topological polar surface area (TPSA) is 95.9 Å². The molecule has 4 aliphatic rings. The number of oxazole rings is 1. The predicted octanol–water partition coefficient (Wildman–Crippen LogP) is 5.61. The van der Waals surface area contributed by atoms with Crippen molar-refractivity contribution in [2.75, 3.05) is 6.61 Å². The van der Waals surface area contributed by atoms with E-state index in [2.05, 4.69) is 4.98 Å². The third-order valence-electron chi connectivity index (χ3n) is 9.01. The third kappa shape index (κ3) is 3.73.